The van der Waals surface area contributed by atoms with Crippen LogP contribution < -0.4 is 0 Å². The zero-order chi connectivity index (χ0) is 17.7. The van der Waals surface area contributed by atoms with E-state index in [-0.39, 0.29) is 19.1 Å². The molecule has 0 unspecified atom stereocenters. The van der Waals surface area contributed by atoms with Crippen LogP contribution in [0.1, 0.15) is 34.1 Å². The molecule has 0 spiro atoms. The molecular weight excluding hydrogens is 306 g/mol. The van der Waals surface area contributed by atoms with E-state index in [1.165, 1.54) is 11.1 Å². The minimum atomic E-state index is -0.417. The van der Waals surface area contributed by atoms with Crippen molar-refractivity contribution in [1.29, 1.82) is 0 Å². The van der Waals surface area contributed by atoms with Crippen LogP contribution in [0.15, 0.2) is 30.5 Å². The van der Waals surface area contributed by atoms with Crippen molar-refractivity contribution in [2.24, 2.45) is 7.05 Å². The van der Waals surface area contributed by atoms with Crippen molar-refractivity contribution < 1.29 is 14.3 Å². The van der Waals surface area contributed by atoms with E-state index in [0.717, 1.165) is 16.8 Å². The quantitative estimate of drug-likeness (QED) is 0.763. The van der Waals surface area contributed by atoms with E-state index in [0.29, 0.717) is 12.1 Å². The highest BCUT2D eigenvalue weighted by molar-refractivity contribution is 5.96. The van der Waals surface area contributed by atoms with Crippen LogP contribution in [0, 0.1) is 13.8 Å². The molecule has 6 heteroatoms. The molecule has 2 aromatic rings. The van der Waals surface area contributed by atoms with Crippen LogP contribution in [-0.4, -0.2) is 39.7 Å². The molecule has 24 heavy (non-hydrogen) atoms. The van der Waals surface area contributed by atoms with Crippen molar-refractivity contribution in [3.05, 3.63) is 52.8 Å². The number of hydrogen-bond donors (Lipinski definition) is 0. The van der Waals surface area contributed by atoms with Gasteiger partial charge in [0.15, 0.2) is 0 Å². The zero-order valence-electron chi connectivity index (χ0n) is 14.6. The van der Waals surface area contributed by atoms with Crippen LogP contribution in [0.3, 0.4) is 0 Å². The fourth-order valence-electron chi connectivity index (χ4n) is 2.35. The number of carbonyl (C=O) groups is 2. The van der Waals surface area contributed by atoms with E-state index >= 15 is 0 Å². The van der Waals surface area contributed by atoms with Gasteiger partial charge in [0, 0.05) is 19.3 Å². The van der Waals surface area contributed by atoms with E-state index in [2.05, 4.69) is 5.10 Å². The van der Waals surface area contributed by atoms with Crippen molar-refractivity contribution in [1.82, 2.24) is 14.7 Å². The van der Waals surface area contributed by atoms with E-state index in [1.54, 1.807) is 18.7 Å². The minimum absolute atomic E-state index is 0.0884. The lowest BCUT2D eigenvalue weighted by Crippen LogP contribution is -2.36. The van der Waals surface area contributed by atoms with Gasteiger partial charge in [0.1, 0.15) is 6.54 Å². The maximum absolute atomic E-state index is 12.9. The van der Waals surface area contributed by atoms with Gasteiger partial charge < -0.3 is 9.64 Å². The summed E-state index contributed by atoms with van der Waals surface area (Å²) in [5.74, 6) is -0.645. The molecular formula is C18H23N3O3. The molecule has 128 valence electrons. The van der Waals surface area contributed by atoms with Crippen molar-refractivity contribution in [3.8, 4) is 0 Å². The number of esters is 1. The Bertz CT molecular complexity index is 720. The maximum Gasteiger partial charge on any atom is 0.325 e. The Morgan fingerprint density at radius 2 is 1.88 bits per heavy atom. The summed E-state index contributed by atoms with van der Waals surface area (Å²) in [7, 11) is 1.78. The molecule has 0 aliphatic heterocycles. The maximum atomic E-state index is 12.9. The number of amides is 1. The Labute approximate surface area is 142 Å². The van der Waals surface area contributed by atoms with Gasteiger partial charge in [-0.1, -0.05) is 29.8 Å². The summed E-state index contributed by atoms with van der Waals surface area (Å²) >= 11 is 0. The number of aromatic nitrogens is 2. The second-order valence-corrected chi connectivity index (χ2v) is 5.72. The molecule has 1 aromatic carbocycles. The van der Waals surface area contributed by atoms with Crippen LogP contribution >= 0.6 is 0 Å². The molecule has 6 nitrogen and oxygen atoms in total. The molecule has 0 N–H and O–H groups in total. The molecule has 0 saturated heterocycles. The van der Waals surface area contributed by atoms with Crippen LogP contribution in [0.2, 0.25) is 0 Å². The lowest BCUT2D eigenvalue weighted by Gasteiger charge is -2.22. The number of ether oxygens (including phenoxy) is 1. The van der Waals surface area contributed by atoms with Gasteiger partial charge in [0.25, 0.3) is 5.91 Å². The van der Waals surface area contributed by atoms with E-state index in [9.17, 15) is 9.59 Å². The predicted octanol–water partition coefficient (Wildman–Crippen LogP) is 2.24. The van der Waals surface area contributed by atoms with E-state index in [4.69, 9.17) is 4.74 Å². The van der Waals surface area contributed by atoms with Crippen molar-refractivity contribution in [3.63, 3.8) is 0 Å². The standard InChI is InChI=1S/C18H23N3O3/c1-5-24-17(22)12-21(11-15-8-6-13(2)7-9-15)18(23)16-10-19-20(4)14(16)3/h6-10H,5,11-12H2,1-4H3. The van der Waals surface area contributed by atoms with Gasteiger partial charge in [-0.3, -0.25) is 14.3 Å². The Kier molecular flexibility index (Phi) is 5.73. The molecule has 0 aliphatic rings. The van der Waals surface area contributed by atoms with Crippen LogP contribution in [0.4, 0.5) is 0 Å². The number of carbonyl (C=O) groups excluding carboxylic acids is 2. The molecule has 0 fully saturated rings. The van der Waals surface area contributed by atoms with Gasteiger partial charge in [-0.2, -0.15) is 5.10 Å². The Morgan fingerprint density at radius 1 is 1.21 bits per heavy atom. The summed E-state index contributed by atoms with van der Waals surface area (Å²) in [5, 5.41) is 4.11. The third-order valence-corrected chi connectivity index (χ3v) is 3.87. The monoisotopic (exact) mass is 329 g/mol. The van der Waals surface area contributed by atoms with Crippen LogP contribution in [0.5, 0.6) is 0 Å². The minimum Gasteiger partial charge on any atom is -0.465 e. The summed E-state index contributed by atoms with van der Waals surface area (Å²) in [5.41, 5.74) is 3.36. The molecule has 1 aromatic heterocycles. The highest BCUT2D eigenvalue weighted by Gasteiger charge is 2.23. The SMILES string of the molecule is CCOC(=O)CN(Cc1ccc(C)cc1)C(=O)c1cnn(C)c1C. The summed E-state index contributed by atoms with van der Waals surface area (Å²) in [4.78, 5) is 26.2. The molecule has 0 radical (unpaired) electrons. The number of hydrogen-bond acceptors (Lipinski definition) is 4. The first-order chi connectivity index (χ1) is 11.4. The Morgan fingerprint density at radius 3 is 2.42 bits per heavy atom. The lowest BCUT2D eigenvalue weighted by molar-refractivity contribution is -0.143. The van der Waals surface area contributed by atoms with E-state index in [1.807, 2.05) is 38.1 Å². The molecule has 0 saturated carbocycles. The fraction of sp³-hybridized carbons (Fsp3) is 0.389. The summed E-state index contributed by atoms with van der Waals surface area (Å²) in [6.45, 7) is 6.12. The van der Waals surface area contributed by atoms with Crippen molar-refractivity contribution in [2.75, 3.05) is 13.2 Å². The first-order valence-electron chi connectivity index (χ1n) is 7.91. The van der Waals surface area contributed by atoms with Crippen molar-refractivity contribution >= 4 is 11.9 Å². The average Bonchev–Trinajstić information content (AvgIpc) is 2.88. The molecule has 1 amide bonds. The average molecular weight is 329 g/mol. The highest BCUT2D eigenvalue weighted by Crippen LogP contribution is 2.14. The third-order valence-electron chi connectivity index (χ3n) is 3.87. The molecule has 1 heterocycles. The summed E-state index contributed by atoms with van der Waals surface area (Å²) in [6, 6.07) is 7.88. The smallest absolute Gasteiger partial charge is 0.325 e. The highest BCUT2D eigenvalue weighted by atomic mass is 16.5. The van der Waals surface area contributed by atoms with Crippen LogP contribution in [-0.2, 0) is 23.1 Å². The van der Waals surface area contributed by atoms with Gasteiger partial charge in [0.05, 0.1) is 18.4 Å². The van der Waals surface area contributed by atoms with Crippen LogP contribution in [0.25, 0.3) is 0 Å². The van der Waals surface area contributed by atoms with Crippen molar-refractivity contribution in [2.45, 2.75) is 27.3 Å². The summed E-state index contributed by atoms with van der Waals surface area (Å²) < 4.78 is 6.64. The fourth-order valence-corrected chi connectivity index (χ4v) is 2.35. The first-order valence-corrected chi connectivity index (χ1v) is 7.91. The number of rotatable bonds is 6. The third kappa shape index (κ3) is 4.22. The predicted molar refractivity (Wildman–Crippen MR) is 90.5 cm³/mol. The topological polar surface area (TPSA) is 64.4 Å². The normalized spacial score (nSPS) is 10.5. The van der Waals surface area contributed by atoms with Gasteiger partial charge in [-0.15, -0.1) is 0 Å². The van der Waals surface area contributed by atoms with Gasteiger partial charge in [-0.05, 0) is 26.3 Å². The molecule has 0 aliphatic carbocycles. The van der Waals surface area contributed by atoms with Gasteiger partial charge in [-0.25, -0.2) is 0 Å². The number of aryl methyl sites for hydroxylation is 2. The zero-order valence-corrected chi connectivity index (χ0v) is 14.6. The van der Waals surface area contributed by atoms with Gasteiger partial charge >= 0.3 is 5.97 Å². The van der Waals surface area contributed by atoms with Gasteiger partial charge in [0.2, 0.25) is 0 Å². The molecule has 2 rings (SSSR count). The number of benzene rings is 1. The first kappa shape index (κ1) is 17.7. The second-order valence-electron chi connectivity index (χ2n) is 5.72. The van der Waals surface area contributed by atoms with E-state index < -0.39 is 5.97 Å². The Hall–Kier alpha value is -2.63. The summed E-state index contributed by atoms with van der Waals surface area (Å²) in [6.07, 6.45) is 1.53. The second kappa shape index (κ2) is 7.77. The molecule has 0 bridgehead atoms. The largest absolute Gasteiger partial charge is 0.465 e. The lowest BCUT2D eigenvalue weighted by atomic mass is 10.1. The molecule has 0 atom stereocenters. The number of nitrogens with zero attached hydrogens (tertiary/aromatic N) is 3. The Balaban J connectivity index is 2.24.